The van der Waals surface area contributed by atoms with Gasteiger partial charge in [0.05, 0.1) is 25.0 Å². The summed E-state index contributed by atoms with van der Waals surface area (Å²) in [6, 6.07) is 7.75. The van der Waals surface area contributed by atoms with Crippen LogP contribution in [0.5, 0.6) is 0 Å². The Balaban J connectivity index is 1.47. The third kappa shape index (κ3) is 6.81. The van der Waals surface area contributed by atoms with Gasteiger partial charge in [-0.05, 0) is 48.7 Å². The minimum atomic E-state index is -1.40. The number of rotatable bonds is 9. The first-order valence-electron chi connectivity index (χ1n) is 13.2. The highest BCUT2D eigenvalue weighted by atomic mass is 19.2. The fraction of sp³-hybridized carbons (Fsp3) is 0.393. The number of esters is 1. The second kappa shape index (κ2) is 13.5. The molecule has 0 aromatic heterocycles. The fourth-order valence-corrected chi connectivity index (χ4v) is 5.18. The molecule has 2 aromatic rings. The summed E-state index contributed by atoms with van der Waals surface area (Å²) >= 11 is 0. The predicted octanol–water partition coefficient (Wildman–Crippen LogP) is 2.48. The van der Waals surface area contributed by atoms with E-state index in [1.807, 2.05) is 24.3 Å². The van der Waals surface area contributed by atoms with Crippen LogP contribution in [0.1, 0.15) is 36.1 Å². The number of anilines is 1. The van der Waals surface area contributed by atoms with Crippen LogP contribution in [0.3, 0.4) is 0 Å². The lowest BCUT2D eigenvalue weighted by atomic mass is 9.93. The highest BCUT2D eigenvalue weighted by Gasteiger charge is 2.43. The van der Waals surface area contributed by atoms with E-state index in [9.17, 15) is 23.2 Å². The number of nitrogens with one attached hydrogen (secondary N) is 4. The van der Waals surface area contributed by atoms with Crippen molar-refractivity contribution in [1.82, 2.24) is 26.2 Å². The maximum atomic E-state index is 14.2. The molecule has 6 N–H and O–H groups in total. The largest absolute Gasteiger partial charge is 0.466 e. The van der Waals surface area contributed by atoms with Crippen molar-refractivity contribution in [2.75, 3.05) is 46.2 Å². The number of amides is 4. The van der Waals surface area contributed by atoms with Crippen molar-refractivity contribution in [3.8, 4) is 0 Å². The molecule has 2 unspecified atom stereocenters. The van der Waals surface area contributed by atoms with Crippen LogP contribution in [0.25, 0.3) is 0 Å². The van der Waals surface area contributed by atoms with Gasteiger partial charge < -0.3 is 36.5 Å². The van der Waals surface area contributed by atoms with Gasteiger partial charge in [-0.2, -0.15) is 0 Å². The summed E-state index contributed by atoms with van der Waals surface area (Å²) in [5.74, 6) is -3.19. The van der Waals surface area contributed by atoms with Gasteiger partial charge in [-0.25, -0.2) is 28.1 Å². The Kier molecular flexibility index (Phi) is 9.86. The predicted molar refractivity (Wildman–Crippen MR) is 146 cm³/mol. The number of halogens is 2. The Bertz CT molecular complexity index is 1320. The molecule has 0 radical (unpaired) electrons. The molecule has 0 bridgehead atoms. The number of urea groups is 2. The van der Waals surface area contributed by atoms with Gasteiger partial charge in [0.1, 0.15) is 6.04 Å². The molecule has 13 heteroatoms. The number of methoxy groups -OCH3 is 2. The maximum Gasteiger partial charge on any atom is 0.338 e. The summed E-state index contributed by atoms with van der Waals surface area (Å²) in [5, 5.41) is 12.1. The van der Waals surface area contributed by atoms with Gasteiger partial charge in [-0.15, -0.1) is 0 Å². The van der Waals surface area contributed by atoms with Gasteiger partial charge in [-0.1, -0.05) is 24.3 Å². The fourth-order valence-electron chi connectivity index (χ4n) is 5.18. The molecule has 4 rings (SSSR count). The number of piperidine rings is 1. The van der Waals surface area contributed by atoms with E-state index in [1.165, 1.54) is 13.2 Å². The number of ether oxygens (including phenoxy) is 2. The summed E-state index contributed by atoms with van der Waals surface area (Å²) in [6.45, 7) is 1.14. The Labute approximate surface area is 236 Å². The standard InChI is InChI=1S/C28H34F2N6O5/c1-40-15-23-24(26(37)41-2)25(16-7-8-19(29)20(30)13-16)36(28(39)35-23)27(38)34-12-11-32-17-9-10-33-22(14-17)18-5-3-4-6-21(18)31/h3-8,13,17,22,25,32-33H,9-12,14-15,31H2,1-2H3,(H,34,38)(H,35,39)/t17?,22?,25-/m0/s1. The number of nitrogens with zero attached hydrogens (tertiary/aromatic N) is 1. The number of nitrogens with two attached hydrogens (primary N) is 1. The summed E-state index contributed by atoms with van der Waals surface area (Å²) < 4.78 is 38.0. The van der Waals surface area contributed by atoms with Crippen LogP contribution < -0.4 is 27.0 Å². The van der Waals surface area contributed by atoms with Gasteiger partial charge >= 0.3 is 18.0 Å². The van der Waals surface area contributed by atoms with Gasteiger partial charge in [-0.3, -0.25) is 0 Å². The quantitative estimate of drug-likeness (QED) is 0.175. The van der Waals surface area contributed by atoms with Crippen LogP contribution in [0.2, 0.25) is 0 Å². The van der Waals surface area contributed by atoms with Crippen LogP contribution in [0.4, 0.5) is 24.1 Å². The number of carbonyl (C=O) groups is 3. The smallest absolute Gasteiger partial charge is 0.338 e. The van der Waals surface area contributed by atoms with Gasteiger partial charge in [0.15, 0.2) is 11.6 Å². The highest BCUT2D eigenvalue weighted by molar-refractivity contribution is 6.01. The lowest BCUT2D eigenvalue weighted by molar-refractivity contribution is -0.137. The van der Waals surface area contributed by atoms with E-state index in [0.29, 0.717) is 6.54 Å². The zero-order chi connectivity index (χ0) is 29.5. The number of imide groups is 1. The van der Waals surface area contributed by atoms with E-state index in [2.05, 4.69) is 21.3 Å². The van der Waals surface area contributed by atoms with E-state index in [0.717, 1.165) is 54.8 Å². The first-order valence-corrected chi connectivity index (χ1v) is 13.2. The number of para-hydroxylation sites is 1. The SMILES string of the molecule is COCC1=C(C(=O)OC)[C@H](c2ccc(F)c(F)c2)N(C(=O)NCCNC2CCNC(c3ccccc3N)C2)C(=O)N1. The number of hydrogen-bond donors (Lipinski definition) is 5. The van der Waals surface area contributed by atoms with Crippen LogP contribution >= 0.6 is 0 Å². The van der Waals surface area contributed by atoms with E-state index in [4.69, 9.17) is 15.2 Å². The molecule has 4 amide bonds. The van der Waals surface area contributed by atoms with Crippen molar-refractivity contribution in [2.45, 2.75) is 31.0 Å². The zero-order valence-corrected chi connectivity index (χ0v) is 22.8. The van der Waals surface area contributed by atoms with Crippen molar-refractivity contribution in [3.05, 3.63) is 76.5 Å². The topological polar surface area (TPSA) is 147 Å². The van der Waals surface area contributed by atoms with Crippen molar-refractivity contribution in [3.63, 3.8) is 0 Å². The lowest BCUT2D eigenvalue weighted by Gasteiger charge is -2.36. The van der Waals surface area contributed by atoms with Crippen molar-refractivity contribution >= 4 is 23.7 Å². The number of carbonyl (C=O) groups excluding carboxylic acids is 3. The Morgan fingerprint density at radius 3 is 2.61 bits per heavy atom. The second-order valence-electron chi connectivity index (χ2n) is 9.74. The Morgan fingerprint density at radius 1 is 1.12 bits per heavy atom. The van der Waals surface area contributed by atoms with Crippen LogP contribution in [0.15, 0.2) is 53.7 Å². The molecule has 0 spiro atoms. The van der Waals surface area contributed by atoms with E-state index < -0.39 is 35.7 Å². The number of hydrogen-bond acceptors (Lipinski definition) is 8. The molecule has 0 aliphatic carbocycles. The van der Waals surface area contributed by atoms with E-state index in [1.54, 1.807) is 0 Å². The number of nitrogen functional groups attached to an aromatic ring is 1. The Morgan fingerprint density at radius 2 is 1.90 bits per heavy atom. The summed E-state index contributed by atoms with van der Waals surface area (Å²) in [7, 11) is 2.48. The average Bonchev–Trinajstić information content (AvgIpc) is 2.96. The molecule has 2 heterocycles. The maximum absolute atomic E-state index is 14.2. The van der Waals surface area contributed by atoms with Crippen LogP contribution in [-0.2, 0) is 14.3 Å². The summed E-state index contributed by atoms with van der Waals surface area (Å²) in [6.07, 6.45) is 1.67. The third-order valence-corrected chi connectivity index (χ3v) is 7.11. The minimum absolute atomic E-state index is 0.00182. The van der Waals surface area contributed by atoms with Gasteiger partial charge in [0, 0.05) is 38.0 Å². The van der Waals surface area contributed by atoms with Gasteiger partial charge in [0.25, 0.3) is 0 Å². The van der Waals surface area contributed by atoms with Crippen molar-refractivity contribution < 1.29 is 32.6 Å². The molecule has 0 saturated carbocycles. The highest BCUT2D eigenvalue weighted by Crippen LogP contribution is 2.35. The summed E-state index contributed by atoms with van der Waals surface area (Å²) in [4.78, 5) is 40.0. The molecule has 11 nitrogen and oxygen atoms in total. The van der Waals surface area contributed by atoms with Crippen LogP contribution in [0, 0.1) is 11.6 Å². The molecule has 3 atom stereocenters. The molecule has 1 saturated heterocycles. The minimum Gasteiger partial charge on any atom is -0.466 e. The molecule has 2 aliphatic rings. The molecule has 220 valence electrons. The molecule has 1 fully saturated rings. The molecule has 2 aliphatic heterocycles. The van der Waals surface area contributed by atoms with Crippen molar-refractivity contribution in [2.24, 2.45) is 0 Å². The van der Waals surface area contributed by atoms with Crippen molar-refractivity contribution in [1.29, 1.82) is 0 Å². The van der Waals surface area contributed by atoms with Gasteiger partial charge in [0.2, 0.25) is 0 Å². The molecule has 2 aromatic carbocycles. The average molecular weight is 573 g/mol. The molecular formula is C28H34F2N6O5. The van der Waals surface area contributed by atoms with E-state index >= 15 is 0 Å². The first kappa shape index (κ1) is 29.9. The number of benzene rings is 2. The lowest BCUT2D eigenvalue weighted by Crippen LogP contribution is -2.56. The monoisotopic (exact) mass is 572 g/mol. The zero-order valence-electron chi connectivity index (χ0n) is 22.8. The normalized spacial score (nSPS) is 20.9. The second-order valence-corrected chi connectivity index (χ2v) is 9.74. The first-order chi connectivity index (χ1) is 19.7. The van der Waals surface area contributed by atoms with E-state index in [-0.39, 0.29) is 42.1 Å². The van der Waals surface area contributed by atoms with Crippen LogP contribution in [-0.4, -0.2) is 69.4 Å². The molecule has 41 heavy (non-hydrogen) atoms. The summed E-state index contributed by atoms with van der Waals surface area (Å²) in [5.41, 5.74) is 7.81. The Hall–Kier alpha value is -4.07. The molecular weight excluding hydrogens is 538 g/mol. The third-order valence-electron chi connectivity index (χ3n) is 7.11.